The second-order valence-corrected chi connectivity index (χ2v) is 18.3. The predicted octanol–water partition coefficient (Wildman–Crippen LogP) is 5.58. The van der Waals surface area contributed by atoms with Crippen molar-refractivity contribution in [2.75, 3.05) is 6.61 Å². The average Bonchev–Trinajstić information content (AvgIpc) is 2.20. The Bertz CT molecular complexity index is 322. The molecule has 20 heavy (non-hydrogen) atoms. The lowest BCUT2D eigenvalue weighted by molar-refractivity contribution is 0.141. The largest absolute Gasteiger partial charge is 0.414 e. The fourth-order valence-corrected chi connectivity index (χ4v) is 3.50. The van der Waals surface area contributed by atoms with Crippen LogP contribution in [-0.2, 0) is 8.85 Å². The highest BCUT2D eigenvalue weighted by Gasteiger charge is 2.40. The zero-order valence-electron chi connectivity index (χ0n) is 15.4. The molecule has 0 amide bonds. The molecule has 0 radical (unpaired) electrons. The lowest BCUT2D eigenvalue weighted by atomic mass is 10.2. The Balaban J connectivity index is 4.72. The van der Waals surface area contributed by atoms with Crippen LogP contribution in [0, 0.1) is 0 Å². The van der Waals surface area contributed by atoms with Crippen molar-refractivity contribution in [1.82, 2.24) is 0 Å². The first-order valence-corrected chi connectivity index (χ1v) is 13.4. The second kappa shape index (κ2) is 6.47. The molecule has 0 heterocycles. The normalized spacial score (nSPS) is 16.1. The van der Waals surface area contributed by atoms with E-state index in [1.165, 1.54) is 0 Å². The van der Waals surface area contributed by atoms with Crippen molar-refractivity contribution in [3.05, 3.63) is 12.7 Å². The Kier molecular flexibility index (Phi) is 6.50. The zero-order valence-corrected chi connectivity index (χ0v) is 17.4. The third-order valence-electron chi connectivity index (χ3n) is 4.93. The fraction of sp³-hybridized carbons (Fsp3) is 0.875. The monoisotopic (exact) mass is 316 g/mol. The minimum absolute atomic E-state index is 0.00465. The maximum absolute atomic E-state index is 6.38. The quantitative estimate of drug-likeness (QED) is 0.470. The highest BCUT2D eigenvalue weighted by molar-refractivity contribution is 6.74. The van der Waals surface area contributed by atoms with E-state index in [1.807, 2.05) is 6.08 Å². The summed E-state index contributed by atoms with van der Waals surface area (Å²) in [6.45, 7) is 27.2. The smallest absolute Gasteiger partial charge is 0.192 e. The Morgan fingerprint density at radius 3 is 1.60 bits per heavy atom. The minimum Gasteiger partial charge on any atom is -0.414 e. The number of hydrogen-bond donors (Lipinski definition) is 0. The highest BCUT2D eigenvalue weighted by atomic mass is 28.4. The van der Waals surface area contributed by atoms with Gasteiger partial charge in [-0.1, -0.05) is 47.6 Å². The minimum atomic E-state index is -1.77. The van der Waals surface area contributed by atoms with Gasteiger partial charge in [-0.3, -0.25) is 0 Å². The summed E-state index contributed by atoms with van der Waals surface area (Å²) in [5, 5.41) is 0.445. The molecule has 0 saturated carbocycles. The van der Waals surface area contributed by atoms with Crippen LogP contribution in [0.2, 0.25) is 36.3 Å². The molecule has 0 aliphatic heterocycles. The molecule has 0 bridgehead atoms. The van der Waals surface area contributed by atoms with Gasteiger partial charge in [0, 0.05) is 0 Å². The van der Waals surface area contributed by atoms with Gasteiger partial charge >= 0.3 is 0 Å². The van der Waals surface area contributed by atoms with E-state index >= 15 is 0 Å². The van der Waals surface area contributed by atoms with Gasteiger partial charge in [-0.25, -0.2) is 0 Å². The summed E-state index contributed by atoms with van der Waals surface area (Å²) >= 11 is 0. The molecule has 0 fully saturated rings. The molecular formula is C16H36O2Si2. The summed E-state index contributed by atoms with van der Waals surface area (Å²) in [5.41, 5.74) is 0. The molecule has 4 heteroatoms. The molecule has 0 aromatic rings. The summed E-state index contributed by atoms with van der Waals surface area (Å²) in [7, 11) is -3.48. The van der Waals surface area contributed by atoms with Gasteiger partial charge in [0.05, 0.1) is 12.7 Å². The molecule has 0 rings (SSSR count). The van der Waals surface area contributed by atoms with Crippen LogP contribution in [0.25, 0.3) is 0 Å². The molecule has 0 spiro atoms. The lowest BCUT2D eigenvalue weighted by Gasteiger charge is -2.41. The Morgan fingerprint density at radius 1 is 0.900 bits per heavy atom. The number of hydrogen-bond acceptors (Lipinski definition) is 2. The van der Waals surface area contributed by atoms with Gasteiger partial charge in [-0.15, -0.1) is 6.58 Å². The van der Waals surface area contributed by atoms with Gasteiger partial charge in [-0.05, 0) is 36.3 Å². The van der Waals surface area contributed by atoms with Crippen LogP contribution < -0.4 is 0 Å². The van der Waals surface area contributed by atoms with Crippen LogP contribution in [0.1, 0.15) is 41.5 Å². The van der Waals surface area contributed by atoms with Crippen LogP contribution in [0.5, 0.6) is 0 Å². The average molecular weight is 317 g/mol. The molecule has 1 unspecified atom stereocenters. The summed E-state index contributed by atoms with van der Waals surface area (Å²) in [6, 6.07) is 0. The molecule has 2 nitrogen and oxygen atoms in total. The third kappa shape index (κ3) is 5.47. The van der Waals surface area contributed by atoms with E-state index in [9.17, 15) is 0 Å². The third-order valence-corrected chi connectivity index (χ3v) is 13.9. The van der Waals surface area contributed by atoms with Crippen molar-refractivity contribution in [2.45, 2.75) is 83.9 Å². The summed E-state index contributed by atoms with van der Waals surface area (Å²) in [5.74, 6) is 0. The van der Waals surface area contributed by atoms with Crippen molar-refractivity contribution in [1.29, 1.82) is 0 Å². The van der Waals surface area contributed by atoms with E-state index < -0.39 is 16.6 Å². The van der Waals surface area contributed by atoms with Crippen molar-refractivity contribution in [3.63, 3.8) is 0 Å². The van der Waals surface area contributed by atoms with Gasteiger partial charge in [0.15, 0.2) is 16.6 Å². The van der Waals surface area contributed by atoms with E-state index in [0.717, 1.165) is 0 Å². The van der Waals surface area contributed by atoms with Crippen LogP contribution in [0.4, 0.5) is 0 Å². The van der Waals surface area contributed by atoms with Gasteiger partial charge in [0.2, 0.25) is 0 Å². The first-order chi connectivity index (χ1) is 8.64. The topological polar surface area (TPSA) is 18.5 Å². The first-order valence-electron chi connectivity index (χ1n) is 7.58. The molecule has 0 aromatic carbocycles. The molecule has 0 N–H and O–H groups in total. The zero-order chi connectivity index (χ0) is 16.4. The summed E-state index contributed by atoms with van der Waals surface area (Å²) in [6.07, 6.45) is 1.90. The predicted molar refractivity (Wildman–Crippen MR) is 95.4 cm³/mol. The van der Waals surface area contributed by atoms with Crippen LogP contribution >= 0.6 is 0 Å². The van der Waals surface area contributed by atoms with Crippen molar-refractivity contribution < 1.29 is 8.85 Å². The van der Waals surface area contributed by atoms with E-state index in [1.54, 1.807) is 0 Å². The molecule has 120 valence electrons. The Morgan fingerprint density at radius 2 is 1.30 bits per heavy atom. The summed E-state index contributed by atoms with van der Waals surface area (Å²) < 4.78 is 12.6. The van der Waals surface area contributed by atoms with Gasteiger partial charge < -0.3 is 8.85 Å². The maximum atomic E-state index is 6.38. The van der Waals surface area contributed by atoms with Gasteiger partial charge in [0.1, 0.15) is 0 Å². The lowest BCUT2D eigenvalue weighted by Crippen LogP contribution is -2.47. The SMILES string of the molecule is C=CC(CO[Si](C)(C)C(C)(C)C)O[Si](C)(C)C(C)(C)C. The molecule has 0 aliphatic rings. The van der Waals surface area contributed by atoms with Gasteiger partial charge in [0.25, 0.3) is 0 Å². The van der Waals surface area contributed by atoms with E-state index in [4.69, 9.17) is 8.85 Å². The fourth-order valence-electron chi connectivity index (χ4n) is 1.21. The Labute approximate surface area is 129 Å². The van der Waals surface area contributed by atoms with Crippen LogP contribution in [-0.4, -0.2) is 29.3 Å². The van der Waals surface area contributed by atoms with E-state index in [0.29, 0.717) is 6.61 Å². The maximum Gasteiger partial charge on any atom is 0.192 e. The van der Waals surface area contributed by atoms with Gasteiger partial charge in [-0.2, -0.15) is 0 Å². The molecule has 0 aliphatic carbocycles. The summed E-state index contributed by atoms with van der Waals surface area (Å²) in [4.78, 5) is 0. The van der Waals surface area contributed by atoms with Crippen molar-refractivity contribution in [3.8, 4) is 0 Å². The number of rotatable bonds is 6. The molecular weight excluding hydrogens is 280 g/mol. The highest BCUT2D eigenvalue weighted by Crippen LogP contribution is 2.39. The molecule has 0 aromatic heterocycles. The van der Waals surface area contributed by atoms with Crippen molar-refractivity contribution in [2.24, 2.45) is 0 Å². The van der Waals surface area contributed by atoms with E-state index in [2.05, 4.69) is 74.3 Å². The van der Waals surface area contributed by atoms with Crippen LogP contribution in [0.3, 0.4) is 0 Å². The Hall–Kier alpha value is 0.0938. The van der Waals surface area contributed by atoms with Crippen molar-refractivity contribution >= 4 is 16.6 Å². The second-order valence-electron chi connectivity index (χ2n) is 8.72. The standard InChI is InChI=1S/C16H36O2Si2/c1-12-14(18-20(10,11)16(5,6)7)13-17-19(8,9)15(2,3)4/h12,14H,1,13H2,2-11H3. The first kappa shape index (κ1) is 20.1. The van der Waals surface area contributed by atoms with Crippen LogP contribution in [0.15, 0.2) is 12.7 Å². The molecule has 0 saturated heterocycles. The van der Waals surface area contributed by atoms with E-state index in [-0.39, 0.29) is 16.2 Å². The molecule has 1 atom stereocenters.